The summed E-state index contributed by atoms with van der Waals surface area (Å²) in [4.78, 5) is 11.6. The Hall–Kier alpha value is -1.09. The van der Waals surface area contributed by atoms with Crippen molar-refractivity contribution in [3.05, 3.63) is 29.3 Å². The van der Waals surface area contributed by atoms with Crippen LogP contribution in [0.3, 0.4) is 0 Å². The van der Waals surface area contributed by atoms with Gasteiger partial charge >= 0.3 is 5.97 Å². The van der Waals surface area contributed by atoms with Gasteiger partial charge in [0, 0.05) is 0 Å². The monoisotopic (exact) mass is 222 g/mol. The van der Waals surface area contributed by atoms with Gasteiger partial charge in [0.05, 0.1) is 20.7 Å². The van der Waals surface area contributed by atoms with E-state index in [9.17, 15) is 4.79 Å². The largest absolute Gasteiger partial charge is 0.465 e. The Morgan fingerprint density at radius 1 is 1.27 bits per heavy atom. The third kappa shape index (κ3) is 2.48. The summed E-state index contributed by atoms with van der Waals surface area (Å²) in [6.45, 7) is 8.77. The highest BCUT2D eigenvalue weighted by molar-refractivity contribution is 6.89. The summed E-state index contributed by atoms with van der Waals surface area (Å²) in [5.41, 5.74) is 1.92. The van der Waals surface area contributed by atoms with Crippen molar-refractivity contribution in [2.45, 2.75) is 26.6 Å². The molecule has 0 bridgehead atoms. The second kappa shape index (κ2) is 4.19. The molecule has 0 N–H and O–H groups in total. The summed E-state index contributed by atoms with van der Waals surface area (Å²) in [6, 6.07) is 5.82. The highest BCUT2D eigenvalue weighted by atomic mass is 28.3. The summed E-state index contributed by atoms with van der Waals surface area (Å²) in [5, 5.41) is 1.21. The van der Waals surface area contributed by atoms with Crippen LogP contribution >= 0.6 is 0 Å². The highest BCUT2D eigenvalue weighted by Gasteiger charge is 2.25. The molecular formula is C12H18O2Si. The van der Waals surface area contributed by atoms with Gasteiger partial charge in [0.2, 0.25) is 0 Å². The van der Waals surface area contributed by atoms with E-state index in [0.29, 0.717) is 0 Å². The molecule has 0 spiro atoms. The second-order valence-electron chi connectivity index (χ2n) is 4.74. The van der Waals surface area contributed by atoms with Crippen molar-refractivity contribution < 1.29 is 9.53 Å². The molecule has 0 saturated carbocycles. The number of carbonyl (C=O) groups is 1. The van der Waals surface area contributed by atoms with Crippen LogP contribution in [0.5, 0.6) is 0 Å². The van der Waals surface area contributed by atoms with Gasteiger partial charge in [-0.15, -0.1) is 0 Å². The molecule has 1 aromatic rings. The minimum Gasteiger partial charge on any atom is -0.465 e. The molecule has 0 aliphatic rings. The van der Waals surface area contributed by atoms with Crippen LogP contribution in [0.4, 0.5) is 0 Å². The standard InChI is InChI=1S/C12H18O2Si/c1-9-7-6-8-10(12(13)14-2)11(9)15(3,4)5/h6-8H,1-5H3. The Morgan fingerprint density at radius 3 is 2.33 bits per heavy atom. The second-order valence-corrected chi connectivity index (χ2v) is 9.74. The lowest BCUT2D eigenvalue weighted by Gasteiger charge is -2.22. The molecule has 0 amide bonds. The third-order valence-electron chi connectivity index (χ3n) is 2.43. The minimum absolute atomic E-state index is 0.226. The topological polar surface area (TPSA) is 26.3 Å². The van der Waals surface area contributed by atoms with E-state index >= 15 is 0 Å². The Labute approximate surface area is 92.3 Å². The fourth-order valence-electron chi connectivity index (χ4n) is 1.94. The number of ether oxygens (including phenoxy) is 1. The van der Waals surface area contributed by atoms with E-state index in [-0.39, 0.29) is 5.97 Å². The number of aryl methyl sites for hydroxylation is 1. The first kappa shape index (κ1) is 12.0. The average Bonchev–Trinajstić information content (AvgIpc) is 2.14. The van der Waals surface area contributed by atoms with E-state index in [1.54, 1.807) is 0 Å². The molecular weight excluding hydrogens is 204 g/mol. The zero-order chi connectivity index (χ0) is 11.6. The molecule has 0 aliphatic heterocycles. The molecule has 0 radical (unpaired) electrons. The smallest absolute Gasteiger partial charge is 0.337 e. The molecule has 1 aromatic carbocycles. The SMILES string of the molecule is COC(=O)c1cccc(C)c1[Si](C)(C)C. The predicted octanol–water partition coefficient (Wildman–Crippen LogP) is 2.33. The van der Waals surface area contributed by atoms with Crippen molar-refractivity contribution >= 4 is 19.2 Å². The maximum Gasteiger partial charge on any atom is 0.337 e. The Bertz CT molecular complexity index is 378. The number of carbonyl (C=O) groups excluding carboxylic acids is 1. The molecule has 0 unspecified atom stereocenters. The summed E-state index contributed by atoms with van der Waals surface area (Å²) in [7, 11) is -0.0731. The van der Waals surface area contributed by atoms with Crippen molar-refractivity contribution in [3.63, 3.8) is 0 Å². The lowest BCUT2D eigenvalue weighted by molar-refractivity contribution is 0.0602. The fraction of sp³-hybridized carbons (Fsp3) is 0.417. The van der Waals surface area contributed by atoms with Gasteiger partial charge in [0.15, 0.2) is 0 Å². The highest BCUT2D eigenvalue weighted by Crippen LogP contribution is 2.11. The van der Waals surface area contributed by atoms with Crippen LogP contribution in [0.2, 0.25) is 19.6 Å². The number of rotatable bonds is 2. The van der Waals surface area contributed by atoms with E-state index in [1.165, 1.54) is 17.9 Å². The van der Waals surface area contributed by atoms with Gasteiger partial charge in [-0.05, 0) is 18.2 Å². The summed E-state index contributed by atoms with van der Waals surface area (Å²) < 4.78 is 4.81. The number of hydrogen-bond donors (Lipinski definition) is 0. The van der Waals surface area contributed by atoms with Gasteiger partial charge in [-0.25, -0.2) is 4.79 Å². The molecule has 0 aromatic heterocycles. The van der Waals surface area contributed by atoms with Crippen LogP contribution < -0.4 is 5.19 Å². The van der Waals surface area contributed by atoms with E-state index in [0.717, 1.165) is 5.56 Å². The molecule has 1 rings (SSSR count). The lowest BCUT2D eigenvalue weighted by Crippen LogP contribution is -2.43. The van der Waals surface area contributed by atoms with Crippen LogP contribution in [0, 0.1) is 6.92 Å². The van der Waals surface area contributed by atoms with Crippen LogP contribution in [0.25, 0.3) is 0 Å². The van der Waals surface area contributed by atoms with E-state index in [2.05, 4.69) is 32.6 Å². The molecule has 0 heterocycles. The van der Waals surface area contributed by atoms with Crippen molar-refractivity contribution in [2.24, 2.45) is 0 Å². The lowest BCUT2D eigenvalue weighted by atomic mass is 10.1. The first-order valence-electron chi connectivity index (χ1n) is 5.06. The molecule has 0 aliphatic carbocycles. The molecule has 15 heavy (non-hydrogen) atoms. The molecule has 0 fully saturated rings. The first-order valence-corrected chi connectivity index (χ1v) is 8.56. The van der Waals surface area contributed by atoms with Crippen LogP contribution in [0.15, 0.2) is 18.2 Å². The number of benzene rings is 1. The van der Waals surface area contributed by atoms with Gasteiger partial charge in [0.25, 0.3) is 0 Å². The first-order chi connectivity index (χ1) is 6.88. The Balaban J connectivity index is 3.40. The van der Waals surface area contributed by atoms with Gasteiger partial charge in [-0.3, -0.25) is 0 Å². The number of methoxy groups -OCH3 is 1. The number of esters is 1. The van der Waals surface area contributed by atoms with Crippen molar-refractivity contribution in [2.75, 3.05) is 7.11 Å². The zero-order valence-electron chi connectivity index (χ0n) is 10.0. The molecule has 2 nitrogen and oxygen atoms in total. The average molecular weight is 222 g/mol. The zero-order valence-corrected chi connectivity index (χ0v) is 11.0. The van der Waals surface area contributed by atoms with E-state index < -0.39 is 8.07 Å². The molecule has 0 atom stereocenters. The van der Waals surface area contributed by atoms with E-state index in [4.69, 9.17) is 4.74 Å². The maximum absolute atomic E-state index is 11.6. The van der Waals surface area contributed by atoms with Gasteiger partial charge < -0.3 is 4.74 Å². The van der Waals surface area contributed by atoms with Gasteiger partial charge in [-0.1, -0.05) is 37.3 Å². The molecule has 0 saturated heterocycles. The normalized spacial score (nSPS) is 11.3. The van der Waals surface area contributed by atoms with Gasteiger partial charge in [0.1, 0.15) is 0 Å². The van der Waals surface area contributed by atoms with Crippen LogP contribution in [0.1, 0.15) is 15.9 Å². The maximum atomic E-state index is 11.6. The van der Waals surface area contributed by atoms with Gasteiger partial charge in [-0.2, -0.15) is 0 Å². The fourth-order valence-corrected chi connectivity index (χ4v) is 4.20. The van der Waals surface area contributed by atoms with E-state index in [1.807, 2.05) is 12.1 Å². The van der Waals surface area contributed by atoms with Crippen LogP contribution in [-0.2, 0) is 4.74 Å². The van der Waals surface area contributed by atoms with Crippen molar-refractivity contribution in [1.29, 1.82) is 0 Å². The van der Waals surface area contributed by atoms with Crippen molar-refractivity contribution in [1.82, 2.24) is 0 Å². The number of hydrogen-bond acceptors (Lipinski definition) is 2. The summed E-state index contributed by atoms with van der Waals surface area (Å²) in [6.07, 6.45) is 0. The minimum atomic E-state index is -1.50. The predicted molar refractivity (Wildman–Crippen MR) is 65.5 cm³/mol. The Kier molecular flexibility index (Phi) is 3.34. The Morgan fingerprint density at radius 2 is 1.87 bits per heavy atom. The van der Waals surface area contributed by atoms with Crippen LogP contribution in [-0.4, -0.2) is 21.2 Å². The molecule has 82 valence electrons. The third-order valence-corrected chi connectivity index (χ3v) is 4.59. The summed E-state index contributed by atoms with van der Waals surface area (Å²) in [5.74, 6) is -0.226. The quantitative estimate of drug-likeness (QED) is 0.567. The summed E-state index contributed by atoms with van der Waals surface area (Å²) >= 11 is 0. The van der Waals surface area contributed by atoms with Crippen molar-refractivity contribution in [3.8, 4) is 0 Å². The molecule has 3 heteroatoms.